The number of anilines is 1. The van der Waals surface area contributed by atoms with Crippen molar-refractivity contribution < 1.29 is 14.7 Å². The van der Waals surface area contributed by atoms with Gasteiger partial charge in [-0.05, 0) is 61.5 Å². The van der Waals surface area contributed by atoms with Crippen molar-refractivity contribution in [2.24, 2.45) is 17.1 Å². The smallest absolute Gasteiger partial charge is 0.254 e. The second-order valence-corrected chi connectivity index (χ2v) is 10.0. The van der Waals surface area contributed by atoms with Crippen molar-refractivity contribution in [3.05, 3.63) is 53.6 Å². The number of piperidine rings is 1. The molecule has 1 spiro atoms. The van der Waals surface area contributed by atoms with E-state index in [1.807, 2.05) is 35.4 Å². The number of carbonyl (C=O) groups is 2. The number of rotatable bonds is 6. The standard InChI is InChI=1S/C26H31N5O3/c1-2-20(32)30-11-3-10-26(15-30)12-16(13-26)14-31-24(27)21(25(28)34)22(29-31)17-4-6-18(7-5-17)23(33)19-8-9-19/h2,4-7,14,19,23,33H,1,3,8-13,15,27H2,(H2,28,34). The molecule has 3 fully saturated rings. The van der Waals surface area contributed by atoms with Gasteiger partial charge in [0.2, 0.25) is 5.91 Å². The van der Waals surface area contributed by atoms with Crippen molar-refractivity contribution in [3.8, 4) is 11.3 Å². The van der Waals surface area contributed by atoms with Crippen LogP contribution < -0.4 is 11.5 Å². The lowest BCUT2D eigenvalue weighted by Crippen LogP contribution is -2.49. The second-order valence-electron chi connectivity index (χ2n) is 10.0. The number of likely N-dealkylation sites (tertiary alicyclic amines) is 1. The quantitative estimate of drug-likeness (QED) is 0.570. The molecular weight excluding hydrogens is 430 g/mol. The van der Waals surface area contributed by atoms with Crippen molar-refractivity contribution in [1.29, 1.82) is 0 Å². The van der Waals surface area contributed by atoms with Crippen LogP contribution in [0.2, 0.25) is 0 Å². The number of hydrogen-bond acceptors (Lipinski definition) is 5. The lowest BCUT2D eigenvalue weighted by Gasteiger charge is -2.50. The number of hydrogen-bond donors (Lipinski definition) is 3. The Kier molecular flexibility index (Phi) is 5.56. The monoisotopic (exact) mass is 461 g/mol. The molecular formula is C26H31N5O3. The summed E-state index contributed by atoms with van der Waals surface area (Å²) in [5.74, 6) is -0.0926. The number of carbonyl (C=O) groups excluding carboxylic acids is 2. The van der Waals surface area contributed by atoms with E-state index in [2.05, 4.69) is 11.7 Å². The Balaban J connectivity index is 1.37. The first-order valence-electron chi connectivity index (χ1n) is 11.9. The van der Waals surface area contributed by atoms with Crippen molar-refractivity contribution in [3.63, 3.8) is 0 Å². The van der Waals surface area contributed by atoms with E-state index in [0.29, 0.717) is 11.6 Å². The Labute approximate surface area is 198 Å². The minimum absolute atomic E-state index is 0.0146. The lowest BCUT2D eigenvalue weighted by molar-refractivity contribution is -0.130. The van der Waals surface area contributed by atoms with Crippen LogP contribution >= 0.6 is 0 Å². The van der Waals surface area contributed by atoms with Gasteiger partial charge in [0.05, 0.1) is 6.10 Å². The Hall–Kier alpha value is -3.39. The van der Waals surface area contributed by atoms with Gasteiger partial charge in [-0.25, -0.2) is 4.68 Å². The number of primary amides is 1. The maximum absolute atomic E-state index is 12.2. The molecule has 8 nitrogen and oxygen atoms in total. The molecule has 178 valence electrons. The largest absolute Gasteiger partial charge is 0.388 e. The highest BCUT2D eigenvalue weighted by Crippen LogP contribution is 2.51. The van der Waals surface area contributed by atoms with E-state index in [4.69, 9.17) is 11.5 Å². The van der Waals surface area contributed by atoms with Crippen molar-refractivity contribution in [2.75, 3.05) is 18.8 Å². The van der Waals surface area contributed by atoms with Gasteiger partial charge in [0, 0.05) is 24.9 Å². The molecule has 0 radical (unpaired) electrons. The topological polar surface area (TPSA) is 127 Å². The number of aliphatic hydroxyl groups is 1. The minimum Gasteiger partial charge on any atom is -0.388 e. The first-order chi connectivity index (χ1) is 16.3. The van der Waals surface area contributed by atoms with Gasteiger partial charge in [0.25, 0.3) is 5.91 Å². The molecule has 5 rings (SSSR count). The second kappa shape index (κ2) is 8.43. The average molecular weight is 462 g/mol. The van der Waals surface area contributed by atoms with Crippen molar-refractivity contribution in [2.45, 2.75) is 44.6 Å². The van der Waals surface area contributed by atoms with Gasteiger partial charge >= 0.3 is 0 Å². The fraction of sp³-hybridized carbons (Fsp3) is 0.423. The maximum Gasteiger partial charge on any atom is 0.254 e. The third kappa shape index (κ3) is 4.03. The Morgan fingerprint density at radius 2 is 1.94 bits per heavy atom. The van der Waals surface area contributed by atoms with Crippen molar-refractivity contribution >= 4 is 23.8 Å². The molecule has 3 aliphatic rings. The first kappa shape index (κ1) is 22.4. The highest BCUT2D eigenvalue weighted by atomic mass is 16.3. The summed E-state index contributed by atoms with van der Waals surface area (Å²) >= 11 is 0. The van der Waals surface area contributed by atoms with Gasteiger partial charge in [-0.2, -0.15) is 5.10 Å². The molecule has 2 amide bonds. The number of nitrogens with two attached hydrogens (primary N) is 2. The fourth-order valence-electron chi connectivity index (χ4n) is 5.50. The number of allylic oxidation sites excluding steroid dienone is 1. The van der Waals surface area contributed by atoms with Crippen LogP contribution in [0.25, 0.3) is 17.5 Å². The van der Waals surface area contributed by atoms with Crippen LogP contribution in [-0.4, -0.2) is 44.7 Å². The van der Waals surface area contributed by atoms with Crippen LogP contribution in [0.3, 0.4) is 0 Å². The average Bonchev–Trinajstić information content (AvgIpc) is 3.61. The van der Waals surface area contributed by atoms with Gasteiger partial charge in [-0.15, -0.1) is 0 Å². The van der Waals surface area contributed by atoms with Crippen LogP contribution in [0.15, 0.2) is 42.5 Å². The molecule has 0 bridgehead atoms. The summed E-state index contributed by atoms with van der Waals surface area (Å²) < 4.78 is 1.54. The number of amides is 2. The fourth-order valence-corrected chi connectivity index (χ4v) is 5.50. The third-order valence-corrected chi connectivity index (χ3v) is 7.44. The summed E-state index contributed by atoms with van der Waals surface area (Å²) in [5.41, 5.74) is 15.4. The zero-order valence-corrected chi connectivity index (χ0v) is 19.2. The number of aromatic nitrogens is 2. The number of benzene rings is 1. The van der Waals surface area contributed by atoms with Crippen molar-refractivity contribution in [1.82, 2.24) is 14.7 Å². The SMILES string of the molecule is C=CC(=O)N1CCCC2(CC(=Cn3nc(-c4ccc(C(O)C5CC5)cc4)c(C(N)=O)c3N)C2)C1. The molecule has 8 heteroatoms. The molecule has 1 aliphatic heterocycles. The van der Waals surface area contributed by atoms with Gasteiger partial charge in [0.1, 0.15) is 17.1 Å². The van der Waals surface area contributed by atoms with Gasteiger partial charge < -0.3 is 21.5 Å². The van der Waals surface area contributed by atoms with Gasteiger partial charge in [-0.1, -0.05) is 36.4 Å². The molecule has 1 atom stereocenters. The van der Waals surface area contributed by atoms with Gasteiger partial charge in [-0.3, -0.25) is 9.59 Å². The Bertz CT molecular complexity index is 1170. The molecule has 34 heavy (non-hydrogen) atoms. The van der Waals surface area contributed by atoms with E-state index in [9.17, 15) is 14.7 Å². The van der Waals surface area contributed by atoms with E-state index in [1.165, 1.54) is 11.6 Å². The molecule has 1 saturated heterocycles. The molecule has 1 aromatic heterocycles. The first-order valence-corrected chi connectivity index (χ1v) is 11.9. The molecule has 2 saturated carbocycles. The van der Waals surface area contributed by atoms with E-state index in [0.717, 1.165) is 62.7 Å². The summed E-state index contributed by atoms with van der Waals surface area (Å²) in [6.45, 7) is 5.12. The Morgan fingerprint density at radius 1 is 1.24 bits per heavy atom. The molecule has 2 aromatic rings. The molecule has 2 aliphatic carbocycles. The molecule has 1 unspecified atom stereocenters. The van der Waals surface area contributed by atoms with E-state index in [-0.39, 0.29) is 22.7 Å². The third-order valence-electron chi connectivity index (χ3n) is 7.44. The van der Waals surface area contributed by atoms with Crippen LogP contribution in [0.4, 0.5) is 5.82 Å². The normalized spacial score (nSPS) is 22.9. The summed E-state index contributed by atoms with van der Waals surface area (Å²) in [7, 11) is 0. The summed E-state index contributed by atoms with van der Waals surface area (Å²) in [6, 6.07) is 7.42. The van der Waals surface area contributed by atoms with E-state index >= 15 is 0 Å². The summed E-state index contributed by atoms with van der Waals surface area (Å²) in [5, 5.41) is 15.0. The predicted molar refractivity (Wildman–Crippen MR) is 130 cm³/mol. The lowest BCUT2D eigenvalue weighted by atomic mass is 9.61. The summed E-state index contributed by atoms with van der Waals surface area (Å²) in [4.78, 5) is 26.2. The number of aliphatic hydroxyl groups excluding tert-OH is 1. The highest BCUT2D eigenvalue weighted by molar-refractivity contribution is 6.03. The minimum atomic E-state index is -0.629. The zero-order chi connectivity index (χ0) is 24.0. The Morgan fingerprint density at radius 3 is 2.56 bits per heavy atom. The van der Waals surface area contributed by atoms with E-state index < -0.39 is 12.0 Å². The highest BCUT2D eigenvalue weighted by Gasteiger charge is 2.44. The van der Waals surface area contributed by atoms with Crippen LogP contribution in [0.5, 0.6) is 0 Å². The number of nitrogen functional groups attached to an aromatic ring is 1. The maximum atomic E-state index is 12.2. The van der Waals surface area contributed by atoms with Gasteiger partial charge in [0.15, 0.2) is 0 Å². The molecule has 2 heterocycles. The van der Waals surface area contributed by atoms with Crippen LogP contribution in [0, 0.1) is 11.3 Å². The zero-order valence-electron chi connectivity index (χ0n) is 19.2. The van der Waals surface area contributed by atoms with Crippen LogP contribution in [-0.2, 0) is 4.79 Å². The molecule has 1 aromatic carbocycles. The van der Waals surface area contributed by atoms with Crippen LogP contribution in [0.1, 0.15) is 60.6 Å². The van der Waals surface area contributed by atoms with E-state index in [1.54, 1.807) is 4.68 Å². The summed E-state index contributed by atoms with van der Waals surface area (Å²) in [6.07, 6.45) is 8.70. The predicted octanol–water partition coefficient (Wildman–Crippen LogP) is 3.10. The number of nitrogens with zero attached hydrogens (tertiary/aromatic N) is 3. The molecule has 5 N–H and O–H groups in total.